The molecule has 1 aliphatic rings. The Labute approximate surface area is 244 Å². The Hall–Kier alpha value is -5.26. The molecule has 0 radical (unpaired) electrons. The largest absolute Gasteiger partial charge is 0.449 e. The molecule has 42 heavy (non-hydrogen) atoms. The molecule has 4 nitrogen and oxygen atoms in total. The molecule has 0 saturated heterocycles. The first kappa shape index (κ1) is 22.4. The van der Waals surface area contributed by atoms with Crippen LogP contribution < -0.4 is 10.1 Å². The summed E-state index contributed by atoms with van der Waals surface area (Å²) in [5.41, 5.74) is 6.88. The van der Waals surface area contributed by atoms with Gasteiger partial charge in [0.15, 0.2) is 5.75 Å². The number of benzene rings is 6. The van der Waals surface area contributed by atoms with E-state index in [4.69, 9.17) is 4.74 Å². The second-order valence-electron chi connectivity index (χ2n) is 11.0. The molecular formula is C37H23N3OS. The lowest BCUT2D eigenvalue weighted by Crippen LogP contribution is -2.18. The molecule has 1 unspecified atom stereocenters. The van der Waals surface area contributed by atoms with Crippen molar-refractivity contribution in [2.45, 2.75) is 6.35 Å². The molecule has 0 spiro atoms. The lowest BCUT2D eigenvalue weighted by Gasteiger charge is -2.17. The molecule has 6 aromatic carbocycles. The fourth-order valence-corrected chi connectivity index (χ4v) is 8.16. The Morgan fingerprint density at radius 3 is 2.17 bits per heavy atom. The van der Waals surface area contributed by atoms with Gasteiger partial charge in [-0.3, -0.25) is 4.57 Å². The number of fused-ring (bicyclic) bond motifs is 12. The molecule has 0 saturated carbocycles. The number of nitrogens with one attached hydrogen (secondary N) is 1. The molecule has 1 aliphatic heterocycles. The van der Waals surface area contributed by atoms with E-state index in [1.54, 1.807) is 0 Å². The number of para-hydroxylation sites is 3. The first-order valence-corrected chi connectivity index (χ1v) is 15.0. The number of rotatable bonds is 2. The van der Waals surface area contributed by atoms with E-state index in [9.17, 15) is 0 Å². The van der Waals surface area contributed by atoms with Gasteiger partial charge in [-0.05, 0) is 48.5 Å². The number of hydrogen-bond acceptors (Lipinski definition) is 3. The minimum absolute atomic E-state index is 0.393. The minimum atomic E-state index is -0.393. The predicted octanol–water partition coefficient (Wildman–Crippen LogP) is 10.2. The van der Waals surface area contributed by atoms with Crippen molar-refractivity contribution in [2.24, 2.45) is 0 Å². The zero-order valence-corrected chi connectivity index (χ0v) is 23.2. The van der Waals surface area contributed by atoms with Gasteiger partial charge in [0, 0.05) is 47.4 Å². The van der Waals surface area contributed by atoms with E-state index in [2.05, 4.69) is 142 Å². The van der Waals surface area contributed by atoms with Crippen LogP contribution in [0.4, 0.5) is 5.69 Å². The molecule has 0 bridgehead atoms. The van der Waals surface area contributed by atoms with E-state index in [0.29, 0.717) is 0 Å². The summed E-state index contributed by atoms with van der Waals surface area (Å²) in [5.74, 6) is 0.930. The van der Waals surface area contributed by atoms with Gasteiger partial charge in [0.2, 0.25) is 0 Å². The molecule has 0 fully saturated rings. The van der Waals surface area contributed by atoms with Crippen LogP contribution in [0.15, 0.2) is 127 Å². The van der Waals surface area contributed by atoms with Gasteiger partial charge in [0.25, 0.3) is 6.35 Å². The number of hydrogen-bond donors (Lipinski definition) is 1. The summed E-state index contributed by atoms with van der Waals surface area (Å²) in [7, 11) is 0. The van der Waals surface area contributed by atoms with Crippen LogP contribution in [0.25, 0.3) is 69.5 Å². The van der Waals surface area contributed by atoms with Crippen LogP contribution >= 0.6 is 11.3 Å². The molecule has 0 amide bonds. The predicted molar refractivity (Wildman–Crippen MR) is 176 cm³/mol. The van der Waals surface area contributed by atoms with E-state index in [-0.39, 0.29) is 0 Å². The van der Waals surface area contributed by atoms with Crippen LogP contribution in [-0.4, -0.2) is 9.13 Å². The molecular weight excluding hydrogens is 534 g/mol. The summed E-state index contributed by atoms with van der Waals surface area (Å²) in [6, 6.07) is 45.6. The quantitative estimate of drug-likeness (QED) is 0.229. The summed E-state index contributed by atoms with van der Waals surface area (Å²) >= 11 is 1.82. The van der Waals surface area contributed by atoms with Crippen molar-refractivity contribution in [1.82, 2.24) is 9.13 Å². The van der Waals surface area contributed by atoms with Crippen LogP contribution in [0, 0.1) is 0 Å². The third-order valence-electron chi connectivity index (χ3n) is 8.76. The van der Waals surface area contributed by atoms with E-state index in [1.165, 1.54) is 58.3 Å². The lowest BCUT2D eigenvalue weighted by atomic mass is 10.1. The van der Waals surface area contributed by atoms with Crippen molar-refractivity contribution in [3.05, 3.63) is 127 Å². The van der Waals surface area contributed by atoms with Gasteiger partial charge in [-0.25, -0.2) is 0 Å². The monoisotopic (exact) mass is 557 g/mol. The van der Waals surface area contributed by atoms with Crippen molar-refractivity contribution >= 4 is 80.8 Å². The Morgan fingerprint density at radius 1 is 0.548 bits per heavy atom. The third-order valence-corrected chi connectivity index (χ3v) is 9.89. The zero-order valence-electron chi connectivity index (χ0n) is 22.4. The molecule has 1 atom stereocenters. The Morgan fingerprint density at radius 2 is 1.29 bits per heavy atom. The third kappa shape index (κ3) is 2.85. The van der Waals surface area contributed by atoms with E-state index >= 15 is 0 Å². The molecule has 5 heteroatoms. The van der Waals surface area contributed by atoms with Crippen molar-refractivity contribution in [1.29, 1.82) is 0 Å². The summed E-state index contributed by atoms with van der Waals surface area (Å²) in [5, 5.41) is 11.1. The van der Waals surface area contributed by atoms with Gasteiger partial charge in [-0.1, -0.05) is 78.9 Å². The molecule has 10 rings (SSSR count). The first-order valence-electron chi connectivity index (χ1n) is 14.2. The standard InChI is InChI=1S/C37H23N3OS/c1-2-10-22(11-3-1)39-29-16-8-5-13-25(29)33-30(39)20-18-24-23-12-4-7-15-28(23)40(35(24)33)37-38-27-19-21-32-34(36(27)41-37)26-14-6-9-17-31(26)42-32/h1-21,37-38H. The van der Waals surface area contributed by atoms with E-state index in [1.807, 2.05) is 11.3 Å². The van der Waals surface area contributed by atoms with Gasteiger partial charge in [-0.15, -0.1) is 11.3 Å². The van der Waals surface area contributed by atoms with Crippen molar-refractivity contribution in [3.8, 4) is 11.4 Å². The van der Waals surface area contributed by atoms with Crippen molar-refractivity contribution < 1.29 is 4.74 Å². The van der Waals surface area contributed by atoms with Crippen LogP contribution in [-0.2, 0) is 0 Å². The highest BCUT2D eigenvalue weighted by atomic mass is 32.1. The summed E-state index contributed by atoms with van der Waals surface area (Å²) in [6.07, 6.45) is -0.393. The van der Waals surface area contributed by atoms with Crippen molar-refractivity contribution in [3.63, 3.8) is 0 Å². The maximum atomic E-state index is 6.95. The Kier molecular flexibility index (Phi) is 4.35. The number of ether oxygens (including phenoxy) is 1. The second kappa shape index (κ2) is 8.15. The average molecular weight is 558 g/mol. The summed E-state index contributed by atoms with van der Waals surface area (Å²) in [4.78, 5) is 0. The lowest BCUT2D eigenvalue weighted by molar-refractivity contribution is 0.195. The Bertz CT molecular complexity index is 2540. The number of nitrogens with zero attached hydrogens (tertiary/aromatic N) is 2. The van der Waals surface area contributed by atoms with E-state index < -0.39 is 6.35 Å². The fraction of sp³-hybridized carbons (Fsp3) is 0.0270. The SMILES string of the molecule is c1ccc(-n2c3ccccc3c3c2ccc2c4ccccc4n(C4Nc5ccc6sc7ccccc7c6c5O4)c23)cc1. The second-order valence-corrected chi connectivity index (χ2v) is 12.0. The molecule has 0 aliphatic carbocycles. The van der Waals surface area contributed by atoms with Gasteiger partial charge in [-0.2, -0.15) is 0 Å². The Balaban J connectivity index is 1.30. The van der Waals surface area contributed by atoms with Gasteiger partial charge in [0.05, 0.1) is 27.8 Å². The van der Waals surface area contributed by atoms with Gasteiger partial charge >= 0.3 is 0 Å². The van der Waals surface area contributed by atoms with Gasteiger partial charge in [0.1, 0.15) is 0 Å². The van der Waals surface area contributed by atoms with Crippen LogP contribution in [0.1, 0.15) is 6.35 Å². The average Bonchev–Trinajstić information content (AvgIpc) is 3.79. The maximum absolute atomic E-state index is 6.95. The summed E-state index contributed by atoms with van der Waals surface area (Å²) in [6.45, 7) is 0. The molecule has 4 heterocycles. The van der Waals surface area contributed by atoms with Crippen LogP contribution in [0.3, 0.4) is 0 Å². The number of aromatic nitrogens is 2. The molecule has 3 aromatic heterocycles. The summed E-state index contributed by atoms with van der Waals surface area (Å²) < 4.78 is 14.2. The normalized spacial score (nSPS) is 14.8. The molecule has 9 aromatic rings. The smallest absolute Gasteiger partial charge is 0.255 e. The maximum Gasteiger partial charge on any atom is 0.255 e. The zero-order chi connectivity index (χ0) is 27.4. The fourth-order valence-electron chi connectivity index (χ4n) is 7.05. The highest BCUT2D eigenvalue weighted by Crippen LogP contribution is 2.49. The van der Waals surface area contributed by atoms with Crippen molar-refractivity contribution in [2.75, 3.05) is 5.32 Å². The van der Waals surface area contributed by atoms with E-state index in [0.717, 1.165) is 22.6 Å². The highest BCUT2D eigenvalue weighted by Gasteiger charge is 2.30. The van der Waals surface area contributed by atoms with Gasteiger partial charge < -0.3 is 14.6 Å². The van der Waals surface area contributed by atoms with Crippen LogP contribution in [0.5, 0.6) is 5.75 Å². The molecule has 1 N–H and O–H groups in total. The van der Waals surface area contributed by atoms with Crippen LogP contribution in [0.2, 0.25) is 0 Å². The topological polar surface area (TPSA) is 31.1 Å². The number of thiophene rings is 1. The molecule has 198 valence electrons. The number of anilines is 1. The minimum Gasteiger partial charge on any atom is -0.449 e. The first-order chi connectivity index (χ1) is 20.8. The highest BCUT2D eigenvalue weighted by molar-refractivity contribution is 7.25.